The van der Waals surface area contributed by atoms with Crippen LogP contribution in [0, 0.1) is 5.82 Å². The number of nitrogen functional groups attached to an aromatic ring is 1. The van der Waals surface area contributed by atoms with Gasteiger partial charge in [-0.3, -0.25) is 19.2 Å². The van der Waals surface area contributed by atoms with E-state index in [0.29, 0.717) is 78.4 Å². The van der Waals surface area contributed by atoms with Crippen molar-refractivity contribution in [3.63, 3.8) is 0 Å². The third-order valence-corrected chi connectivity index (χ3v) is 9.62. The highest BCUT2D eigenvalue weighted by Crippen LogP contribution is 2.28. The number of furan rings is 1. The molecule has 2 aliphatic rings. The number of morpholine rings is 1. The summed E-state index contributed by atoms with van der Waals surface area (Å²) in [7, 11) is 0. The van der Waals surface area contributed by atoms with E-state index in [4.69, 9.17) is 19.6 Å². The van der Waals surface area contributed by atoms with Crippen molar-refractivity contribution in [3.8, 4) is 17.3 Å². The summed E-state index contributed by atoms with van der Waals surface area (Å²) in [4.78, 5) is 28.7. The van der Waals surface area contributed by atoms with Gasteiger partial charge in [-0.15, -0.1) is 5.10 Å². The molecule has 7 rings (SSSR count). The van der Waals surface area contributed by atoms with Crippen LogP contribution < -0.4 is 20.2 Å². The zero-order chi connectivity index (χ0) is 32.0. The molecule has 2 fully saturated rings. The Morgan fingerprint density at radius 1 is 1.09 bits per heavy atom. The van der Waals surface area contributed by atoms with Gasteiger partial charge >= 0.3 is 4.87 Å². The maximum Gasteiger partial charge on any atom is 0.309 e. The van der Waals surface area contributed by atoms with Crippen LogP contribution in [-0.2, 0) is 11.3 Å². The molecule has 0 bridgehead atoms. The summed E-state index contributed by atoms with van der Waals surface area (Å²) in [6, 6.07) is 8.59. The third kappa shape index (κ3) is 6.07. The number of hydrogen-bond donors (Lipinski definition) is 1. The second-order valence-corrected chi connectivity index (χ2v) is 13.6. The molecule has 15 heteroatoms. The second-order valence-electron chi connectivity index (χ2n) is 12.7. The van der Waals surface area contributed by atoms with Crippen molar-refractivity contribution in [1.82, 2.24) is 33.9 Å². The first kappa shape index (κ1) is 30.6. The van der Waals surface area contributed by atoms with Crippen LogP contribution >= 0.6 is 11.3 Å². The maximum atomic E-state index is 15.2. The van der Waals surface area contributed by atoms with Crippen molar-refractivity contribution in [2.24, 2.45) is 0 Å². The first-order valence-corrected chi connectivity index (χ1v) is 16.3. The Kier molecular flexibility index (Phi) is 8.17. The van der Waals surface area contributed by atoms with E-state index in [1.165, 1.54) is 10.6 Å². The number of piperazine rings is 1. The first-order valence-electron chi connectivity index (χ1n) is 15.5. The highest BCUT2D eigenvalue weighted by atomic mass is 32.1. The Labute approximate surface area is 268 Å². The van der Waals surface area contributed by atoms with Gasteiger partial charge in [-0.1, -0.05) is 11.3 Å². The molecule has 4 aromatic heterocycles. The fourth-order valence-electron chi connectivity index (χ4n) is 6.04. The number of anilines is 2. The number of nitrogens with zero attached hydrogens (tertiary/aromatic N) is 8. The number of ether oxygens (including phenoxy) is 2. The van der Waals surface area contributed by atoms with E-state index in [0.717, 1.165) is 37.5 Å². The largest absolute Gasteiger partial charge is 0.491 e. The summed E-state index contributed by atoms with van der Waals surface area (Å²) in [5.74, 6) is 1.21. The average molecular weight is 652 g/mol. The van der Waals surface area contributed by atoms with E-state index in [1.807, 2.05) is 11.0 Å². The van der Waals surface area contributed by atoms with Crippen molar-refractivity contribution >= 4 is 39.0 Å². The van der Waals surface area contributed by atoms with Gasteiger partial charge in [-0.2, -0.15) is 9.50 Å². The highest BCUT2D eigenvalue weighted by molar-refractivity contribution is 7.17. The number of halogens is 1. The Bertz CT molecular complexity index is 1890. The van der Waals surface area contributed by atoms with Crippen LogP contribution in [-0.4, -0.2) is 105 Å². The molecule has 1 unspecified atom stereocenters. The van der Waals surface area contributed by atoms with Gasteiger partial charge < -0.3 is 24.5 Å². The van der Waals surface area contributed by atoms with Gasteiger partial charge in [0.2, 0.25) is 11.8 Å². The molecule has 13 nitrogen and oxygen atoms in total. The quantitative estimate of drug-likeness (QED) is 0.265. The lowest BCUT2D eigenvalue weighted by atomic mass is 10.0. The van der Waals surface area contributed by atoms with Crippen LogP contribution in [0.15, 0.2) is 45.8 Å². The zero-order valence-corrected chi connectivity index (χ0v) is 27.0. The normalized spacial score (nSPS) is 18.6. The minimum atomic E-state index is -0.304. The number of benzene rings is 1. The molecule has 0 saturated carbocycles. The maximum absolute atomic E-state index is 15.2. The fraction of sp³-hybridized carbons (Fsp3) is 0.484. The standard InChI is InChI=1S/C31H38FN9O4S/c1-31(2,3)39-14-16-43-21(18-39)19-45-20-6-7-23(22(32)17-20)38-11-8-37(9-12-38)10-13-40-27-25(46-30(40)42)28-34-26(24-5-4-15-44-24)36-41(28)29(33)35-27/h4-7,15,17,21H,8-14,16,18-19H2,1-3H3,(H2,33,35). The van der Waals surface area contributed by atoms with E-state index >= 15 is 4.39 Å². The predicted octanol–water partition coefficient (Wildman–Crippen LogP) is 3.18. The molecule has 0 amide bonds. The molecule has 2 saturated heterocycles. The van der Waals surface area contributed by atoms with Crippen molar-refractivity contribution in [2.45, 2.75) is 39.0 Å². The Hall–Kier alpha value is -4.05. The minimum Gasteiger partial charge on any atom is -0.491 e. The van der Waals surface area contributed by atoms with Crippen molar-refractivity contribution in [3.05, 3.63) is 52.1 Å². The SMILES string of the molecule is CC(C)(C)N1CCOC(COc2ccc(N3CCN(CCn4c(=O)sc5c4nc(N)n4nc(-c6ccco6)nc54)CC3)c(F)c2)C1. The van der Waals surface area contributed by atoms with Gasteiger partial charge in [0.1, 0.15) is 29.0 Å². The number of thiazole rings is 1. The Morgan fingerprint density at radius 3 is 2.65 bits per heavy atom. The third-order valence-electron chi connectivity index (χ3n) is 8.65. The van der Waals surface area contributed by atoms with Crippen LogP contribution in [0.3, 0.4) is 0 Å². The van der Waals surface area contributed by atoms with E-state index in [1.54, 1.807) is 29.0 Å². The van der Waals surface area contributed by atoms with Crippen molar-refractivity contribution in [1.29, 1.82) is 0 Å². The molecular weight excluding hydrogens is 613 g/mol. The number of fused-ring (bicyclic) bond motifs is 3. The molecule has 0 spiro atoms. The van der Waals surface area contributed by atoms with Gasteiger partial charge in [0, 0.05) is 64.0 Å². The van der Waals surface area contributed by atoms with Crippen LogP contribution in [0.2, 0.25) is 0 Å². The van der Waals surface area contributed by atoms with Gasteiger partial charge in [0.15, 0.2) is 17.1 Å². The molecule has 1 aromatic carbocycles. The van der Waals surface area contributed by atoms with Crippen molar-refractivity contribution < 1.29 is 18.3 Å². The summed E-state index contributed by atoms with van der Waals surface area (Å²) in [5.41, 5.74) is 7.80. The Balaban J connectivity index is 0.953. The number of rotatable bonds is 8. The fourth-order valence-corrected chi connectivity index (χ4v) is 6.98. The summed E-state index contributed by atoms with van der Waals surface area (Å²) in [6.07, 6.45) is 1.49. The lowest BCUT2D eigenvalue weighted by molar-refractivity contribution is -0.0729. The van der Waals surface area contributed by atoms with E-state index in [2.05, 4.69) is 45.6 Å². The summed E-state index contributed by atoms with van der Waals surface area (Å²) >= 11 is 1.07. The smallest absolute Gasteiger partial charge is 0.309 e. The van der Waals surface area contributed by atoms with Gasteiger partial charge in [0.05, 0.1) is 18.6 Å². The molecular formula is C31H38FN9O4S. The molecule has 244 valence electrons. The van der Waals surface area contributed by atoms with Crippen molar-refractivity contribution in [2.75, 3.05) is 69.7 Å². The molecule has 2 aliphatic heterocycles. The van der Waals surface area contributed by atoms with Gasteiger partial charge in [-0.25, -0.2) is 9.37 Å². The predicted molar refractivity (Wildman–Crippen MR) is 174 cm³/mol. The van der Waals surface area contributed by atoms with E-state index < -0.39 is 0 Å². The molecule has 2 N–H and O–H groups in total. The molecule has 46 heavy (non-hydrogen) atoms. The lowest BCUT2D eigenvalue weighted by Crippen LogP contribution is -2.52. The zero-order valence-electron chi connectivity index (χ0n) is 26.2. The molecule has 0 radical (unpaired) electrons. The highest BCUT2D eigenvalue weighted by Gasteiger charge is 2.29. The van der Waals surface area contributed by atoms with Gasteiger partial charge in [-0.05, 0) is 45.0 Å². The number of nitrogens with two attached hydrogens (primary N) is 1. The Morgan fingerprint density at radius 2 is 1.91 bits per heavy atom. The molecule has 1 atom stereocenters. The van der Waals surface area contributed by atoms with Crippen LogP contribution in [0.1, 0.15) is 20.8 Å². The van der Waals surface area contributed by atoms with E-state index in [9.17, 15) is 4.79 Å². The van der Waals surface area contributed by atoms with Crippen LogP contribution in [0.4, 0.5) is 16.0 Å². The summed E-state index contributed by atoms with van der Waals surface area (Å²) in [6.45, 7) is 13.2. The molecule has 6 heterocycles. The molecule has 0 aliphatic carbocycles. The average Bonchev–Trinajstić information content (AvgIpc) is 3.79. The lowest BCUT2D eigenvalue weighted by Gasteiger charge is -2.41. The second kappa shape index (κ2) is 12.3. The number of aromatic nitrogens is 5. The summed E-state index contributed by atoms with van der Waals surface area (Å²) in [5, 5.41) is 4.41. The number of hydrogen-bond acceptors (Lipinski definition) is 12. The van der Waals surface area contributed by atoms with Crippen LogP contribution in [0.25, 0.3) is 27.6 Å². The minimum absolute atomic E-state index is 0.0521. The van der Waals surface area contributed by atoms with Gasteiger partial charge in [0.25, 0.3) is 0 Å². The van der Waals surface area contributed by atoms with E-state index in [-0.39, 0.29) is 28.3 Å². The molecule has 5 aromatic rings. The first-order chi connectivity index (χ1) is 22.1. The van der Waals surface area contributed by atoms with Crippen LogP contribution in [0.5, 0.6) is 5.75 Å². The topological polar surface area (TPSA) is 132 Å². The summed E-state index contributed by atoms with van der Waals surface area (Å²) < 4.78 is 36.2. The monoisotopic (exact) mass is 651 g/mol.